The van der Waals surface area contributed by atoms with Crippen LogP contribution in [0.5, 0.6) is 5.88 Å². The van der Waals surface area contributed by atoms with E-state index in [-0.39, 0.29) is 6.61 Å². The van der Waals surface area contributed by atoms with E-state index in [4.69, 9.17) is 15.6 Å². The summed E-state index contributed by atoms with van der Waals surface area (Å²) in [7, 11) is 1.56. The van der Waals surface area contributed by atoms with Crippen LogP contribution in [0.4, 0.5) is 0 Å². The molecule has 0 spiro atoms. The van der Waals surface area contributed by atoms with Crippen molar-refractivity contribution in [3.05, 3.63) is 23.4 Å². The van der Waals surface area contributed by atoms with Crippen LogP contribution in [0.25, 0.3) is 0 Å². The fraction of sp³-hybridized carbons (Fsp3) is 0.444. The number of methoxy groups -OCH3 is 1. The highest BCUT2D eigenvalue weighted by Gasteiger charge is 2.08. The molecule has 1 rings (SSSR count). The van der Waals surface area contributed by atoms with E-state index in [1.54, 1.807) is 13.2 Å². The molecule has 0 fully saturated rings. The van der Waals surface area contributed by atoms with E-state index in [1.807, 2.05) is 13.0 Å². The number of hydrogen-bond donors (Lipinski definition) is 2. The number of aliphatic hydroxyl groups excluding tert-OH is 1. The maximum atomic E-state index is 8.82. The van der Waals surface area contributed by atoms with Gasteiger partial charge in [-0.1, -0.05) is 6.07 Å². The van der Waals surface area contributed by atoms with Crippen molar-refractivity contribution < 1.29 is 9.84 Å². The Bertz CT molecular complexity index is 289. The van der Waals surface area contributed by atoms with Crippen molar-refractivity contribution in [3.8, 4) is 5.88 Å². The molecule has 0 bridgehead atoms. The van der Waals surface area contributed by atoms with Gasteiger partial charge in [0.1, 0.15) is 0 Å². The van der Waals surface area contributed by atoms with Gasteiger partial charge in [-0.05, 0) is 13.0 Å². The van der Waals surface area contributed by atoms with Gasteiger partial charge < -0.3 is 15.6 Å². The van der Waals surface area contributed by atoms with E-state index in [1.165, 1.54) is 0 Å². The topological polar surface area (TPSA) is 68.4 Å². The Morgan fingerprint density at radius 3 is 2.85 bits per heavy atom. The summed E-state index contributed by atoms with van der Waals surface area (Å²) in [6.07, 6.45) is 0. The van der Waals surface area contributed by atoms with Gasteiger partial charge in [0.2, 0.25) is 5.88 Å². The first-order valence-corrected chi connectivity index (χ1v) is 4.07. The molecular weight excluding hydrogens is 168 g/mol. The normalized spacial score (nSPS) is 12.6. The van der Waals surface area contributed by atoms with Crippen molar-refractivity contribution in [2.75, 3.05) is 13.7 Å². The van der Waals surface area contributed by atoms with Crippen molar-refractivity contribution >= 4 is 0 Å². The van der Waals surface area contributed by atoms with Gasteiger partial charge in [-0.2, -0.15) is 0 Å². The summed E-state index contributed by atoms with van der Waals surface area (Å²) in [5, 5.41) is 8.82. The zero-order valence-electron chi connectivity index (χ0n) is 7.82. The molecule has 1 aromatic heterocycles. The molecule has 0 aliphatic rings. The molecule has 4 nitrogen and oxygen atoms in total. The number of aromatic nitrogens is 1. The van der Waals surface area contributed by atoms with E-state index in [2.05, 4.69) is 4.98 Å². The number of nitrogens with zero attached hydrogens (tertiary/aromatic N) is 1. The van der Waals surface area contributed by atoms with Crippen LogP contribution in [0.1, 0.15) is 17.3 Å². The van der Waals surface area contributed by atoms with Crippen molar-refractivity contribution in [1.82, 2.24) is 4.98 Å². The minimum Gasteiger partial charge on any atom is -0.481 e. The van der Waals surface area contributed by atoms with Crippen molar-refractivity contribution in [1.29, 1.82) is 0 Å². The molecule has 72 valence electrons. The minimum atomic E-state index is -0.436. The van der Waals surface area contributed by atoms with Gasteiger partial charge in [-0.25, -0.2) is 4.98 Å². The Morgan fingerprint density at radius 1 is 1.62 bits per heavy atom. The summed E-state index contributed by atoms with van der Waals surface area (Å²) < 4.78 is 5.03. The van der Waals surface area contributed by atoms with Gasteiger partial charge in [-0.15, -0.1) is 0 Å². The van der Waals surface area contributed by atoms with E-state index in [0.29, 0.717) is 11.6 Å². The molecule has 0 saturated carbocycles. The number of hydrogen-bond acceptors (Lipinski definition) is 4. The maximum Gasteiger partial charge on any atom is 0.216 e. The highest BCUT2D eigenvalue weighted by molar-refractivity contribution is 5.27. The summed E-state index contributed by atoms with van der Waals surface area (Å²) in [5.74, 6) is 0.557. The lowest BCUT2D eigenvalue weighted by molar-refractivity contribution is 0.265. The molecule has 0 aliphatic heterocycles. The third-order valence-corrected chi connectivity index (χ3v) is 1.84. The third-order valence-electron chi connectivity index (χ3n) is 1.84. The highest BCUT2D eigenvalue weighted by atomic mass is 16.5. The lowest BCUT2D eigenvalue weighted by Gasteiger charge is -2.10. The second kappa shape index (κ2) is 4.20. The Hall–Kier alpha value is -1.13. The number of pyridine rings is 1. The monoisotopic (exact) mass is 182 g/mol. The second-order valence-electron chi connectivity index (χ2n) is 2.85. The molecule has 0 amide bonds. The number of nitrogens with two attached hydrogens (primary N) is 1. The van der Waals surface area contributed by atoms with E-state index in [9.17, 15) is 0 Å². The molecule has 13 heavy (non-hydrogen) atoms. The molecule has 0 aromatic carbocycles. The van der Waals surface area contributed by atoms with Gasteiger partial charge >= 0.3 is 0 Å². The fourth-order valence-electron chi connectivity index (χ4n) is 1.03. The average Bonchev–Trinajstić information content (AvgIpc) is 2.17. The summed E-state index contributed by atoms with van der Waals surface area (Å²) in [5.41, 5.74) is 7.20. The summed E-state index contributed by atoms with van der Waals surface area (Å²) in [6.45, 7) is 1.79. The highest BCUT2D eigenvalue weighted by Crippen LogP contribution is 2.16. The van der Waals surface area contributed by atoms with Crippen molar-refractivity contribution in [3.63, 3.8) is 0 Å². The zero-order chi connectivity index (χ0) is 9.84. The summed E-state index contributed by atoms with van der Waals surface area (Å²) in [4.78, 5) is 4.15. The average molecular weight is 182 g/mol. The summed E-state index contributed by atoms with van der Waals surface area (Å²) >= 11 is 0. The molecule has 0 saturated heterocycles. The number of rotatable bonds is 3. The number of aryl methyl sites for hydroxylation is 1. The molecule has 1 atom stereocenters. The lowest BCUT2D eigenvalue weighted by atomic mass is 10.2. The lowest BCUT2D eigenvalue weighted by Crippen LogP contribution is -2.16. The first-order chi connectivity index (χ1) is 6.19. The van der Waals surface area contributed by atoms with Crippen LogP contribution >= 0.6 is 0 Å². The molecule has 1 heterocycles. The van der Waals surface area contributed by atoms with Gasteiger partial charge in [0.15, 0.2) is 0 Å². The van der Waals surface area contributed by atoms with Crippen LogP contribution in [0, 0.1) is 6.92 Å². The van der Waals surface area contributed by atoms with Crippen molar-refractivity contribution in [2.45, 2.75) is 13.0 Å². The van der Waals surface area contributed by atoms with Gasteiger partial charge in [0, 0.05) is 5.56 Å². The van der Waals surface area contributed by atoms with E-state index in [0.717, 1.165) is 5.56 Å². The molecule has 3 N–H and O–H groups in total. The molecule has 4 heteroatoms. The predicted octanol–water partition coefficient (Wildman–Crippen LogP) is 0.391. The number of aliphatic hydroxyl groups is 1. The maximum absolute atomic E-state index is 8.82. The number of ether oxygens (including phenoxy) is 1. The quantitative estimate of drug-likeness (QED) is 0.709. The first kappa shape index (κ1) is 9.95. The van der Waals surface area contributed by atoms with Crippen molar-refractivity contribution in [2.24, 2.45) is 5.73 Å². The zero-order valence-corrected chi connectivity index (χ0v) is 7.82. The molecule has 1 aromatic rings. The van der Waals surface area contributed by atoms with Crippen LogP contribution in [0.15, 0.2) is 12.1 Å². The first-order valence-electron chi connectivity index (χ1n) is 4.07. The van der Waals surface area contributed by atoms with Gasteiger partial charge in [0.25, 0.3) is 0 Å². The van der Waals surface area contributed by atoms with Gasteiger partial charge in [0.05, 0.1) is 25.5 Å². The van der Waals surface area contributed by atoms with Crippen LogP contribution in [0.2, 0.25) is 0 Å². The van der Waals surface area contributed by atoms with Crippen LogP contribution in [-0.4, -0.2) is 23.8 Å². The predicted molar refractivity (Wildman–Crippen MR) is 49.5 cm³/mol. The van der Waals surface area contributed by atoms with Crippen LogP contribution in [0.3, 0.4) is 0 Å². The Balaban J connectivity index is 2.99. The standard InChI is InChI=1S/C9H14N2O2/c1-6-3-4-8(7(10)5-12)11-9(6)13-2/h3-4,7,12H,5,10H2,1-2H3. The molecular formula is C9H14N2O2. The molecule has 0 radical (unpaired) electrons. The Morgan fingerprint density at radius 2 is 2.31 bits per heavy atom. The Labute approximate surface area is 77.4 Å². The van der Waals surface area contributed by atoms with Crippen LogP contribution < -0.4 is 10.5 Å². The van der Waals surface area contributed by atoms with E-state index < -0.39 is 6.04 Å². The summed E-state index contributed by atoms with van der Waals surface area (Å²) in [6, 6.07) is 3.23. The molecule has 0 aliphatic carbocycles. The molecule has 1 unspecified atom stereocenters. The minimum absolute atomic E-state index is 0.112. The van der Waals surface area contributed by atoms with Gasteiger partial charge in [-0.3, -0.25) is 0 Å². The van der Waals surface area contributed by atoms with E-state index >= 15 is 0 Å². The fourth-order valence-corrected chi connectivity index (χ4v) is 1.03. The SMILES string of the molecule is COc1nc(C(N)CO)ccc1C. The van der Waals surface area contributed by atoms with Crippen LogP contribution in [-0.2, 0) is 0 Å². The largest absolute Gasteiger partial charge is 0.481 e. The Kier molecular flexibility index (Phi) is 3.22. The third kappa shape index (κ3) is 2.17. The smallest absolute Gasteiger partial charge is 0.216 e. The second-order valence-corrected chi connectivity index (χ2v) is 2.85.